The Morgan fingerprint density at radius 2 is 1.88 bits per heavy atom. The second-order valence-corrected chi connectivity index (χ2v) is 5.55. The molecule has 90 valence electrons. The average molecular weight is 243 g/mol. The van der Waals surface area contributed by atoms with Gasteiger partial charge in [0.2, 0.25) is 10.0 Å². The summed E-state index contributed by atoms with van der Waals surface area (Å²) in [4.78, 5) is 0. The van der Waals surface area contributed by atoms with E-state index in [-0.39, 0.29) is 11.9 Å². The third kappa shape index (κ3) is 4.08. The van der Waals surface area contributed by atoms with Gasteiger partial charge in [0.15, 0.2) is 0 Å². The quantitative estimate of drug-likeness (QED) is 0.531. The van der Waals surface area contributed by atoms with Gasteiger partial charge in [0.25, 0.3) is 0 Å². The van der Waals surface area contributed by atoms with E-state index in [2.05, 4.69) is 10.0 Å². The predicted octanol–water partition coefficient (Wildman–Crippen LogP) is 0.966. The summed E-state index contributed by atoms with van der Waals surface area (Å²) in [5, 5.41) is 3.01. The second kappa shape index (κ2) is 5.18. The Morgan fingerprint density at radius 3 is 2.38 bits per heavy atom. The van der Waals surface area contributed by atoms with Crippen LogP contribution in [0.25, 0.3) is 0 Å². The van der Waals surface area contributed by atoms with Crippen molar-refractivity contribution in [3.8, 4) is 0 Å². The van der Waals surface area contributed by atoms with E-state index in [0.29, 0.717) is 5.69 Å². The number of nitrogens with one attached hydrogen (secondary N) is 2. The number of benzene rings is 1. The number of hydrogen-bond donors (Lipinski definition) is 3. The van der Waals surface area contributed by atoms with Crippen molar-refractivity contribution in [3.05, 3.63) is 24.3 Å². The molecule has 0 fully saturated rings. The summed E-state index contributed by atoms with van der Waals surface area (Å²) in [6.45, 7) is 3.34. The second-order valence-electron chi connectivity index (χ2n) is 3.51. The zero-order valence-electron chi connectivity index (χ0n) is 9.40. The summed E-state index contributed by atoms with van der Waals surface area (Å²) in [6.07, 6.45) is -0.353. The van der Waals surface area contributed by atoms with Crippen LogP contribution in [0, 0.1) is 0 Å². The summed E-state index contributed by atoms with van der Waals surface area (Å²) in [5.41, 5.74) is 7.03. The Morgan fingerprint density at radius 1 is 1.31 bits per heavy atom. The highest BCUT2D eigenvalue weighted by Gasteiger charge is 2.11. The van der Waals surface area contributed by atoms with Crippen LogP contribution in [0.3, 0.4) is 0 Å². The van der Waals surface area contributed by atoms with Crippen LogP contribution in [0.4, 0.5) is 11.4 Å². The molecular formula is C10H17N3O2S. The number of nitrogens with two attached hydrogens (primary N) is 1. The van der Waals surface area contributed by atoms with Crippen LogP contribution in [0.1, 0.15) is 13.8 Å². The predicted molar refractivity (Wildman–Crippen MR) is 66.5 cm³/mol. The molecule has 6 heteroatoms. The monoisotopic (exact) mass is 243 g/mol. The van der Waals surface area contributed by atoms with Crippen molar-refractivity contribution in [1.29, 1.82) is 0 Å². The third-order valence-electron chi connectivity index (χ3n) is 2.03. The van der Waals surface area contributed by atoms with Gasteiger partial charge in [0, 0.05) is 11.4 Å². The fourth-order valence-electron chi connectivity index (χ4n) is 1.21. The maximum Gasteiger partial charge on any atom is 0.213 e. The van der Waals surface area contributed by atoms with Gasteiger partial charge in [0.1, 0.15) is 0 Å². The molecule has 0 aliphatic heterocycles. The summed E-state index contributed by atoms with van der Waals surface area (Å²) < 4.78 is 25.1. The normalized spacial score (nSPS) is 13.4. The fourth-order valence-corrected chi connectivity index (χ4v) is 1.98. The largest absolute Gasteiger partial charge is 0.399 e. The Labute approximate surface area is 96.1 Å². The highest BCUT2D eigenvalue weighted by molar-refractivity contribution is 7.89. The SMILES string of the molecule is CCS(=O)(=O)NC(C)Nc1ccc(N)cc1. The van der Waals surface area contributed by atoms with E-state index in [1.54, 1.807) is 38.1 Å². The van der Waals surface area contributed by atoms with E-state index in [0.717, 1.165) is 5.69 Å². The lowest BCUT2D eigenvalue weighted by Gasteiger charge is -2.16. The van der Waals surface area contributed by atoms with E-state index in [1.807, 2.05) is 0 Å². The molecule has 0 bridgehead atoms. The third-order valence-corrected chi connectivity index (χ3v) is 3.50. The molecule has 0 saturated carbocycles. The zero-order valence-corrected chi connectivity index (χ0v) is 10.2. The Kier molecular flexibility index (Phi) is 4.14. The van der Waals surface area contributed by atoms with Crippen LogP contribution in [0.5, 0.6) is 0 Å². The molecule has 5 nitrogen and oxygen atoms in total. The molecule has 0 aliphatic carbocycles. The van der Waals surface area contributed by atoms with Gasteiger partial charge in [-0.05, 0) is 38.1 Å². The number of hydrogen-bond acceptors (Lipinski definition) is 4. The molecule has 0 saturated heterocycles. The van der Waals surface area contributed by atoms with Crippen LogP contribution in [0.15, 0.2) is 24.3 Å². The molecule has 0 aliphatic rings. The van der Waals surface area contributed by atoms with Crippen molar-refractivity contribution in [1.82, 2.24) is 4.72 Å². The number of sulfonamides is 1. The molecule has 4 N–H and O–H groups in total. The minimum atomic E-state index is -3.18. The highest BCUT2D eigenvalue weighted by Crippen LogP contribution is 2.11. The van der Waals surface area contributed by atoms with Crippen LogP contribution in [-0.2, 0) is 10.0 Å². The van der Waals surface area contributed by atoms with Crippen molar-refractivity contribution in [3.63, 3.8) is 0 Å². The lowest BCUT2D eigenvalue weighted by Crippen LogP contribution is -2.38. The first kappa shape index (κ1) is 12.8. The smallest absolute Gasteiger partial charge is 0.213 e. The lowest BCUT2D eigenvalue weighted by atomic mass is 10.3. The van der Waals surface area contributed by atoms with E-state index >= 15 is 0 Å². The Balaban J connectivity index is 2.58. The fraction of sp³-hybridized carbons (Fsp3) is 0.400. The molecule has 1 atom stereocenters. The van der Waals surface area contributed by atoms with E-state index in [4.69, 9.17) is 5.73 Å². The van der Waals surface area contributed by atoms with Gasteiger partial charge in [-0.1, -0.05) is 0 Å². The first-order chi connectivity index (χ1) is 7.43. The van der Waals surface area contributed by atoms with Crippen molar-refractivity contribution in [2.24, 2.45) is 0 Å². The van der Waals surface area contributed by atoms with Gasteiger partial charge in [-0.2, -0.15) is 4.72 Å². The molecule has 16 heavy (non-hydrogen) atoms. The molecule has 0 heterocycles. The first-order valence-electron chi connectivity index (χ1n) is 5.05. The topological polar surface area (TPSA) is 84.2 Å². The minimum Gasteiger partial charge on any atom is -0.399 e. The maximum absolute atomic E-state index is 11.3. The molecule has 0 radical (unpaired) electrons. The molecule has 1 rings (SSSR count). The summed E-state index contributed by atoms with van der Waals surface area (Å²) in [5.74, 6) is 0.0702. The number of rotatable bonds is 5. The average Bonchev–Trinajstić information content (AvgIpc) is 2.21. The van der Waals surface area contributed by atoms with Crippen molar-refractivity contribution < 1.29 is 8.42 Å². The minimum absolute atomic E-state index is 0.0702. The van der Waals surface area contributed by atoms with Crippen molar-refractivity contribution in [2.75, 3.05) is 16.8 Å². The van der Waals surface area contributed by atoms with E-state index < -0.39 is 10.0 Å². The van der Waals surface area contributed by atoms with Gasteiger partial charge >= 0.3 is 0 Å². The molecular weight excluding hydrogens is 226 g/mol. The van der Waals surface area contributed by atoms with Gasteiger partial charge in [-0.3, -0.25) is 0 Å². The van der Waals surface area contributed by atoms with E-state index in [9.17, 15) is 8.42 Å². The summed E-state index contributed by atoms with van der Waals surface area (Å²) in [7, 11) is -3.18. The summed E-state index contributed by atoms with van der Waals surface area (Å²) >= 11 is 0. The summed E-state index contributed by atoms with van der Waals surface area (Å²) in [6, 6.07) is 7.10. The van der Waals surface area contributed by atoms with Crippen LogP contribution < -0.4 is 15.8 Å². The molecule has 1 unspecified atom stereocenters. The molecule has 0 aromatic heterocycles. The maximum atomic E-state index is 11.3. The lowest BCUT2D eigenvalue weighted by molar-refractivity contribution is 0.573. The Hall–Kier alpha value is -1.27. The van der Waals surface area contributed by atoms with Gasteiger partial charge < -0.3 is 11.1 Å². The molecule has 0 amide bonds. The van der Waals surface area contributed by atoms with Gasteiger partial charge in [-0.15, -0.1) is 0 Å². The van der Waals surface area contributed by atoms with Crippen LogP contribution >= 0.6 is 0 Å². The van der Waals surface area contributed by atoms with Gasteiger partial charge in [0.05, 0.1) is 11.9 Å². The molecule has 1 aromatic rings. The van der Waals surface area contributed by atoms with Crippen molar-refractivity contribution >= 4 is 21.4 Å². The first-order valence-corrected chi connectivity index (χ1v) is 6.70. The number of nitrogen functional groups attached to an aromatic ring is 1. The number of anilines is 2. The van der Waals surface area contributed by atoms with Crippen LogP contribution in [-0.4, -0.2) is 20.3 Å². The van der Waals surface area contributed by atoms with Crippen molar-refractivity contribution in [2.45, 2.75) is 20.0 Å². The van der Waals surface area contributed by atoms with Crippen LogP contribution in [0.2, 0.25) is 0 Å². The highest BCUT2D eigenvalue weighted by atomic mass is 32.2. The van der Waals surface area contributed by atoms with E-state index in [1.165, 1.54) is 0 Å². The zero-order chi connectivity index (χ0) is 12.2. The standard InChI is InChI=1S/C10H17N3O2S/c1-3-16(14,15)13-8(2)12-10-6-4-9(11)5-7-10/h4-8,12-13H,3,11H2,1-2H3. The Bertz CT molecular complexity index is 428. The van der Waals surface area contributed by atoms with Gasteiger partial charge in [-0.25, -0.2) is 8.42 Å². The molecule has 0 spiro atoms. The molecule has 1 aromatic carbocycles.